The molecule has 21 heavy (non-hydrogen) atoms. The third-order valence-electron chi connectivity index (χ3n) is 3.82. The van der Waals surface area contributed by atoms with Crippen LogP contribution in [0, 0.1) is 6.92 Å². The molecule has 0 unspecified atom stereocenters. The summed E-state index contributed by atoms with van der Waals surface area (Å²) in [6.45, 7) is 1.57. The summed E-state index contributed by atoms with van der Waals surface area (Å²) in [5.41, 5.74) is -0.384. The number of aliphatic carboxylic acids is 1. The van der Waals surface area contributed by atoms with E-state index in [-0.39, 0.29) is 6.61 Å². The van der Waals surface area contributed by atoms with Gasteiger partial charge in [0.2, 0.25) is 0 Å². The first-order valence-electron chi connectivity index (χ1n) is 6.87. The van der Waals surface area contributed by atoms with E-state index in [0.717, 1.165) is 18.4 Å². The maximum atomic E-state index is 11.9. The predicted molar refractivity (Wildman–Crippen MR) is 78.7 cm³/mol. The lowest BCUT2D eigenvalue weighted by Gasteiger charge is -2.25. The van der Waals surface area contributed by atoms with Crippen molar-refractivity contribution < 1.29 is 19.4 Å². The molecule has 6 heteroatoms. The molecule has 114 valence electrons. The van der Waals surface area contributed by atoms with Crippen molar-refractivity contribution in [2.45, 2.75) is 38.1 Å². The summed E-state index contributed by atoms with van der Waals surface area (Å²) >= 11 is 5.97. The molecular formula is C15H18ClNO4. The maximum absolute atomic E-state index is 11.9. The van der Waals surface area contributed by atoms with Gasteiger partial charge < -0.3 is 15.2 Å². The average molecular weight is 312 g/mol. The summed E-state index contributed by atoms with van der Waals surface area (Å²) in [6, 6.07) is 5.19. The fraction of sp³-hybridized carbons (Fsp3) is 0.467. The fourth-order valence-electron chi connectivity index (χ4n) is 2.56. The Labute approximate surface area is 128 Å². The van der Waals surface area contributed by atoms with Gasteiger partial charge in [-0.25, -0.2) is 4.79 Å². The van der Waals surface area contributed by atoms with Crippen LogP contribution in [0.4, 0.5) is 0 Å². The van der Waals surface area contributed by atoms with Crippen molar-refractivity contribution >= 4 is 23.5 Å². The maximum Gasteiger partial charge on any atom is 0.329 e. The first kappa shape index (κ1) is 15.6. The normalized spacial score (nSPS) is 16.5. The molecule has 0 bridgehead atoms. The van der Waals surface area contributed by atoms with Crippen LogP contribution in [0.15, 0.2) is 18.2 Å². The number of hydrogen-bond donors (Lipinski definition) is 2. The quantitative estimate of drug-likeness (QED) is 0.876. The number of rotatable bonds is 5. The molecule has 1 saturated carbocycles. The largest absolute Gasteiger partial charge is 0.483 e. The van der Waals surface area contributed by atoms with E-state index in [2.05, 4.69) is 5.32 Å². The number of nitrogens with one attached hydrogen (secondary N) is 1. The fourth-order valence-corrected chi connectivity index (χ4v) is 2.73. The molecular weight excluding hydrogens is 294 g/mol. The monoisotopic (exact) mass is 311 g/mol. The SMILES string of the molecule is Cc1c(Cl)cccc1OCC(=O)NC1(C(=O)O)CCCC1. The van der Waals surface area contributed by atoms with Crippen LogP contribution in [0.2, 0.25) is 5.02 Å². The minimum Gasteiger partial charge on any atom is -0.483 e. The predicted octanol–water partition coefficient (Wildman–Crippen LogP) is 2.54. The van der Waals surface area contributed by atoms with Crippen LogP contribution in [-0.4, -0.2) is 29.1 Å². The second kappa shape index (κ2) is 6.35. The second-order valence-electron chi connectivity index (χ2n) is 5.29. The molecule has 1 amide bonds. The van der Waals surface area contributed by atoms with E-state index in [1.54, 1.807) is 25.1 Å². The minimum atomic E-state index is -1.14. The van der Waals surface area contributed by atoms with Gasteiger partial charge in [0.25, 0.3) is 5.91 Å². The Morgan fingerprint density at radius 2 is 2.05 bits per heavy atom. The van der Waals surface area contributed by atoms with Crippen molar-refractivity contribution in [1.29, 1.82) is 0 Å². The summed E-state index contributed by atoms with van der Waals surface area (Å²) in [6.07, 6.45) is 2.54. The summed E-state index contributed by atoms with van der Waals surface area (Å²) in [7, 11) is 0. The highest BCUT2D eigenvalue weighted by Gasteiger charge is 2.42. The Bertz CT molecular complexity index is 553. The van der Waals surface area contributed by atoms with Crippen LogP contribution in [0.5, 0.6) is 5.75 Å². The molecule has 1 aliphatic carbocycles. The highest BCUT2D eigenvalue weighted by Crippen LogP contribution is 2.30. The van der Waals surface area contributed by atoms with E-state index in [1.165, 1.54) is 0 Å². The number of halogens is 1. The van der Waals surface area contributed by atoms with E-state index < -0.39 is 17.4 Å². The van der Waals surface area contributed by atoms with Gasteiger partial charge in [-0.15, -0.1) is 0 Å². The molecule has 0 aliphatic heterocycles. The Morgan fingerprint density at radius 3 is 2.67 bits per heavy atom. The van der Waals surface area contributed by atoms with Crippen LogP contribution >= 0.6 is 11.6 Å². The van der Waals surface area contributed by atoms with Crippen LogP contribution in [0.1, 0.15) is 31.2 Å². The molecule has 0 spiro atoms. The number of carboxylic acids is 1. The molecule has 1 fully saturated rings. The molecule has 1 aromatic rings. The van der Waals surface area contributed by atoms with Crippen molar-refractivity contribution in [2.24, 2.45) is 0 Å². The number of hydrogen-bond acceptors (Lipinski definition) is 3. The number of carboxylic acid groups (broad SMARTS) is 1. The Hall–Kier alpha value is -1.75. The topological polar surface area (TPSA) is 75.6 Å². The van der Waals surface area contributed by atoms with Gasteiger partial charge in [-0.2, -0.15) is 0 Å². The lowest BCUT2D eigenvalue weighted by Crippen LogP contribution is -2.53. The van der Waals surface area contributed by atoms with Gasteiger partial charge in [0.15, 0.2) is 6.61 Å². The van der Waals surface area contributed by atoms with Crippen molar-refractivity contribution in [2.75, 3.05) is 6.61 Å². The zero-order valence-corrected chi connectivity index (χ0v) is 12.6. The molecule has 1 aliphatic rings. The van der Waals surface area contributed by atoms with E-state index >= 15 is 0 Å². The molecule has 0 saturated heterocycles. The Morgan fingerprint density at radius 1 is 1.38 bits per heavy atom. The molecule has 0 radical (unpaired) electrons. The van der Waals surface area contributed by atoms with E-state index in [4.69, 9.17) is 16.3 Å². The Kier molecular flexibility index (Phi) is 4.73. The molecule has 5 nitrogen and oxygen atoms in total. The molecule has 2 N–H and O–H groups in total. The van der Waals surface area contributed by atoms with Gasteiger partial charge in [-0.3, -0.25) is 4.79 Å². The van der Waals surface area contributed by atoms with Crippen molar-refractivity contribution in [1.82, 2.24) is 5.32 Å². The summed E-state index contributed by atoms with van der Waals surface area (Å²) in [5.74, 6) is -0.889. The van der Waals surface area contributed by atoms with Gasteiger partial charge in [0.05, 0.1) is 0 Å². The molecule has 1 aromatic carbocycles. The van der Waals surface area contributed by atoms with Crippen molar-refractivity contribution in [3.63, 3.8) is 0 Å². The third kappa shape index (κ3) is 3.47. The van der Waals surface area contributed by atoms with Gasteiger partial charge in [-0.05, 0) is 31.9 Å². The zero-order valence-electron chi connectivity index (χ0n) is 11.8. The zero-order chi connectivity index (χ0) is 15.5. The van der Waals surface area contributed by atoms with Gasteiger partial charge in [0, 0.05) is 10.6 Å². The van der Waals surface area contributed by atoms with Gasteiger partial charge >= 0.3 is 5.97 Å². The Balaban J connectivity index is 1.96. The van der Waals surface area contributed by atoms with Crippen LogP contribution in [-0.2, 0) is 9.59 Å². The summed E-state index contributed by atoms with van der Waals surface area (Å²) in [5, 5.41) is 12.5. The van der Waals surface area contributed by atoms with Gasteiger partial charge in [0.1, 0.15) is 11.3 Å². The van der Waals surface area contributed by atoms with Crippen LogP contribution in [0.25, 0.3) is 0 Å². The van der Waals surface area contributed by atoms with Crippen molar-refractivity contribution in [3.8, 4) is 5.75 Å². The third-order valence-corrected chi connectivity index (χ3v) is 4.23. The minimum absolute atomic E-state index is 0.226. The average Bonchev–Trinajstić information content (AvgIpc) is 2.90. The van der Waals surface area contributed by atoms with Gasteiger partial charge in [-0.1, -0.05) is 30.5 Å². The van der Waals surface area contributed by atoms with Crippen LogP contribution < -0.4 is 10.1 Å². The first-order valence-corrected chi connectivity index (χ1v) is 7.25. The summed E-state index contributed by atoms with van der Waals surface area (Å²) < 4.78 is 5.43. The molecule has 0 atom stereocenters. The van der Waals surface area contributed by atoms with Crippen molar-refractivity contribution in [3.05, 3.63) is 28.8 Å². The first-order chi connectivity index (χ1) is 9.94. The number of ether oxygens (including phenoxy) is 1. The smallest absolute Gasteiger partial charge is 0.329 e. The second-order valence-corrected chi connectivity index (χ2v) is 5.70. The van der Waals surface area contributed by atoms with E-state index in [1.807, 2.05) is 0 Å². The number of carbonyl (C=O) groups is 2. The summed E-state index contributed by atoms with van der Waals surface area (Å²) in [4.78, 5) is 23.3. The number of amides is 1. The molecule has 2 rings (SSSR count). The van der Waals surface area contributed by atoms with Crippen LogP contribution in [0.3, 0.4) is 0 Å². The van der Waals surface area contributed by atoms with E-state index in [0.29, 0.717) is 23.6 Å². The highest BCUT2D eigenvalue weighted by atomic mass is 35.5. The van der Waals surface area contributed by atoms with E-state index in [9.17, 15) is 14.7 Å². The lowest BCUT2D eigenvalue weighted by atomic mass is 9.98. The lowest BCUT2D eigenvalue weighted by molar-refractivity contribution is -0.147. The standard InChI is InChI=1S/C15H18ClNO4/c1-10-11(16)5-4-6-12(10)21-9-13(18)17-15(14(19)20)7-2-3-8-15/h4-6H,2-3,7-9H2,1H3,(H,17,18)(H,19,20). The number of carbonyl (C=O) groups excluding carboxylic acids is 1. The highest BCUT2D eigenvalue weighted by molar-refractivity contribution is 6.31. The molecule has 0 aromatic heterocycles. The number of benzene rings is 1. The molecule has 0 heterocycles.